The van der Waals surface area contributed by atoms with Gasteiger partial charge in [0.15, 0.2) is 0 Å². The second kappa shape index (κ2) is 16.2. The van der Waals surface area contributed by atoms with Gasteiger partial charge in [-0.1, -0.05) is 56.5 Å². The Morgan fingerprint density at radius 2 is 1.61 bits per heavy atom. The molecule has 0 bridgehead atoms. The predicted octanol–water partition coefficient (Wildman–Crippen LogP) is 4.94. The van der Waals surface area contributed by atoms with Gasteiger partial charge < -0.3 is 30.7 Å². The molecule has 0 saturated carbocycles. The number of hydrogen-bond acceptors (Lipinski definition) is 6. The average molecular weight is 569 g/mol. The summed E-state index contributed by atoms with van der Waals surface area (Å²) in [5.74, 6) is -0.899. The first-order valence-corrected chi connectivity index (χ1v) is 14.0. The van der Waals surface area contributed by atoms with Crippen molar-refractivity contribution in [3.63, 3.8) is 0 Å². The maximum absolute atomic E-state index is 14.2. The Bertz CT molecular complexity index is 1130. The third kappa shape index (κ3) is 11.5. The van der Waals surface area contributed by atoms with E-state index < -0.39 is 41.5 Å². The molecule has 0 radical (unpaired) electrons. The van der Waals surface area contributed by atoms with Crippen LogP contribution in [-0.2, 0) is 19.1 Å². The molecule has 0 aliphatic heterocycles. The van der Waals surface area contributed by atoms with Crippen molar-refractivity contribution in [3.05, 3.63) is 60.2 Å². The third-order valence-electron chi connectivity index (χ3n) is 6.24. The summed E-state index contributed by atoms with van der Waals surface area (Å²) in [5.41, 5.74) is 5.73. The first-order chi connectivity index (χ1) is 19.4. The lowest BCUT2D eigenvalue weighted by molar-refractivity contribution is -0.141. The lowest BCUT2D eigenvalue weighted by Crippen LogP contribution is -2.52. The van der Waals surface area contributed by atoms with Crippen molar-refractivity contribution in [2.24, 2.45) is 5.73 Å². The molecule has 10 nitrogen and oxygen atoms in total. The number of carbonyl (C=O) groups excluding carboxylic acids is 4. The minimum Gasteiger partial charge on any atom is -0.497 e. The van der Waals surface area contributed by atoms with Gasteiger partial charge in [-0.05, 0) is 63.4 Å². The molecule has 224 valence electrons. The third-order valence-corrected chi connectivity index (χ3v) is 6.24. The molecule has 41 heavy (non-hydrogen) atoms. The van der Waals surface area contributed by atoms with Gasteiger partial charge in [0, 0.05) is 18.7 Å². The summed E-state index contributed by atoms with van der Waals surface area (Å²) in [6.45, 7) is 7.48. The molecule has 0 heterocycles. The average Bonchev–Trinajstić information content (AvgIpc) is 2.92. The Balaban J connectivity index is 2.49. The Labute approximate surface area is 242 Å². The van der Waals surface area contributed by atoms with E-state index >= 15 is 0 Å². The SMILES string of the molecule is CCCCCCN(C(=O)C(CCC(N)=O)NC(=O)OC(C)(C)C)C(C(=O)Nc1ccc(OC)cc1)c1ccccc1. The number of unbranched alkanes of at least 4 members (excludes halogenated alkanes) is 3. The zero-order chi connectivity index (χ0) is 30.4. The molecule has 0 aliphatic carbocycles. The number of benzene rings is 2. The maximum Gasteiger partial charge on any atom is 0.408 e. The fourth-order valence-corrected chi connectivity index (χ4v) is 4.26. The fourth-order valence-electron chi connectivity index (χ4n) is 4.26. The van der Waals surface area contributed by atoms with Crippen molar-refractivity contribution in [1.82, 2.24) is 10.2 Å². The first kappa shape index (κ1) is 33.1. The van der Waals surface area contributed by atoms with Crippen LogP contribution in [0.5, 0.6) is 5.75 Å². The molecule has 2 atom stereocenters. The Hall–Kier alpha value is -4.08. The normalized spacial score (nSPS) is 12.5. The lowest BCUT2D eigenvalue weighted by atomic mass is 10.0. The van der Waals surface area contributed by atoms with Crippen molar-refractivity contribution in [2.45, 2.75) is 83.9 Å². The molecule has 0 aromatic heterocycles. The summed E-state index contributed by atoms with van der Waals surface area (Å²) >= 11 is 0. The van der Waals surface area contributed by atoms with Crippen LogP contribution in [-0.4, -0.2) is 54.0 Å². The highest BCUT2D eigenvalue weighted by Crippen LogP contribution is 2.26. The van der Waals surface area contributed by atoms with Crippen molar-refractivity contribution < 1.29 is 28.7 Å². The number of hydrogen-bond donors (Lipinski definition) is 3. The molecular formula is C31H44N4O6. The molecule has 0 aliphatic rings. The van der Waals surface area contributed by atoms with E-state index in [1.165, 1.54) is 4.90 Å². The molecule has 0 fully saturated rings. The molecule has 2 aromatic carbocycles. The largest absolute Gasteiger partial charge is 0.497 e. The van der Waals surface area contributed by atoms with Gasteiger partial charge in [0.05, 0.1) is 7.11 Å². The number of nitrogens with two attached hydrogens (primary N) is 1. The van der Waals surface area contributed by atoms with Gasteiger partial charge in [-0.25, -0.2) is 4.79 Å². The van der Waals surface area contributed by atoms with Gasteiger partial charge in [-0.15, -0.1) is 0 Å². The van der Waals surface area contributed by atoms with Crippen LogP contribution in [0.15, 0.2) is 54.6 Å². The summed E-state index contributed by atoms with van der Waals surface area (Å²) in [6, 6.07) is 13.7. The number of carbonyl (C=O) groups is 4. The minimum absolute atomic E-state index is 0.0412. The van der Waals surface area contributed by atoms with E-state index in [-0.39, 0.29) is 19.4 Å². The number of ether oxygens (including phenoxy) is 2. The van der Waals surface area contributed by atoms with Gasteiger partial charge in [0.25, 0.3) is 5.91 Å². The fraction of sp³-hybridized carbons (Fsp3) is 0.484. The van der Waals surface area contributed by atoms with Crippen LogP contribution >= 0.6 is 0 Å². The second-order valence-electron chi connectivity index (χ2n) is 10.8. The van der Waals surface area contributed by atoms with Gasteiger partial charge >= 0.3 is 6.09 Å². The number of anilines is 1. The zero-order valence-corrected chi connectivity index (χ0v) is 24.8. The molecule has 2 aromatic rings. The smallest absolute Gasteiger partial charge is 0.408 e. The summed E-state index contributed by atoms with van der Waals surface area (Å²) in [5, 5.41) is 5.53. The van der Waals surface area contributed by atoms with Crippen LogP contribution in [0.25, 0.3) is 0 Å². The van der Waals surface area contributed by atoms with Crippen LogP contribution in [0.4, 0.5) is 10.5 Å². The molecule has 4 N–H and O–H groups in total. The van der Waals surface area contributed by atoms with E-state index in [0.29, 0.717) is 23.4 Å². The van der Waals surface area contributed by atoms with E-state index in [1.807, 2.05) is 6.07 Å². The summed E-state index contributed by atoms with van der Waals surface area (Å²) in [7, 11) is 1.56. The number of rotatable bonds is 15. The van der Waals surface area contributed by atoms with E-state index in [1.54, 1.807) is 76.4 Å². The van der Waals surface area contributed by atoms with Crippen molar-refractivity contribution >= 4 is 29.5 Å². The van der Waals surface area contributed by atoms with Crippen molar-refractivity contribution in [3.8, 4) is 5.75 Å². The topological polar surface area (TPSA) is 140 Å². The predicted molar refractivity (Wildman–Crippen MR) is 158 cm³/mol. The molecule has 10 heteroatoms. The highest BCUT2D eigenvalue weighted by molar-refractivity contribution is 5.99. The van der Waals surface area contributed by atoms with Gasteiger partial charge in [0.1, 0.15) is 23.4 Å². The summed E-state index contributed by atoms with van der Waals surface area (Å²) in [6.07, 6.45) is 2.49. The number of amides is 4. The Morgan fingerprint density at radius 3 is 2.17 bits per heavy atom. The zero-order valence-electron chi connectivity index (χ0n) is 24.8. The van der Waals surface area contributed by atoms with Crippen LogP contribution in [0.3, 0.4) is 0 Å². The molecule has 2 rings (SSSR count). The van der Waals surface area contributed by atoms with Gasteiger partial charge in [-0.2, -0.15) is 0 Å². The van der Waals surface area contributed by atoms with Gasteiger partial charge in [0.2, 0.25) is 11.8 Å². The number of nitrogens with one attached hydrogen (secondary N) is 2. The molecule has 0 saturated heterocycles. The van der Waals surface area contributed by atoms with E-state index in [4.69, 9.17) is 15.2 Å². The highest BCUT2D eigenvalue weighted by atomic mass is 16.6. The lowest BCUT2D eigenvalue weighted by Gasteiger charge is -2.34. The Morgan fingerprint density at radius 1 is 0.951 bits per heavy atom. The quantitative estimate of drug-likeness (QED) is 0.260. The Kier molecular flexibility index (Phi) is 13.1. The van der Waals surface area contributed by atoms with Crippen LogP contribution in [0.2, 0.25) is 0 Å². The van der Waals surface area contributed by atoms with Crippen molar-refractivity contribution in [2.75, 3.05) is 19.0 Å². The number of methoxy groups -OCH3 is 1. The maximum atomic E-state index is 14.2. The van der Waals surface area contributed by atoms with E-state index in [9.17, 15) is 19.2 Å². The van der Waals surface area contributed by atoms with Crippen LogP contribution < -0.4 is 21.1 Å². The monoisotopic (exact) mass is 568 g/mol. The standard InChI is InChI=1S/C31H44N4O6/c1-6-7-8-12-21-35(29(38)25(19-20-26(32)36)34-30(39)41-31(2,3)4)27(22-13-10-9-11-14-22)28(37)33-23-15-17-24(40-5)18-16-23/h9-11,13-18,25,27H,6-8,12,19-21H2,1-5H3,(H2,32,36)(H,33,37)(H,34,39). The molecule has 2 unspecified atom stereocenters. The number of nitrogens with zero attached hydrogens (tertiary/aromatic N) is 1. The minimum atomic E-state index is -1.14. The van der Waals surface area contributed by atoms with Crippen LogP contribution in [0, 0.1) is 0 Å². The van der Waals surface area contributed by atoms with E-state index in [2.05, 4.69) is 17.6 Å². The molecular weight excluding hydrogens is 524 g/mol. The number of primary amides is 1. The van der Waals surface area contributed by atoms with Crippen molar-refractivity contribution in [1.29, 1.82) is 0 Å². The molecule has 0 spiro atoms. The second-order valence-corrected chi connectivity index (χ2v) is 10.8. The van der Waals surface area contributed by atoms with E-state index in [0.717, 1.165) is 19.3 Å². The highest BCUT2D eigenvalue weighted by Gasteiger charge is 2.36. The van der Waals surface area contributed by atoms with Gasteiger partial charge in [-0.3, -0.25) is 14.4 Å². The molecule has 4 amide bonds. The van der Waals surface area contributed by atoms with Crippen LogP contribution in [0.1, 0.15) is 77.8 Å². The first-order valence-electron chi connectivity index (χ1n) is 14.0. The summed E-state index contributed by atoms with van der Waals surface area (Å²) < 4.78 is 10.6. The summed E-state index contributed by atoms with van der Waals surface area (Å²) in [4.78, 5) is 53.9. The number of alkyl carbamates (subject to hydrolysis) is 1.